The van der Waals surface area contributed by atoms with Crippen LogP contribution >= 0.6 is 0 Å². The van der Waals surface area contributed by atoms with Gasteiger partial charge in [-0.1, -0.05) is 135 Å². The zero-order valence-corrected chi connectivity index (χ0v) is 33.1. The molecule has 0 aliphatic rings. The molecule has 0 spiro atoms. The monoisotopic (exact) mass is 754 g/mol. The molecule has 6 nitrogen and oxygen atoms in total. The number of carbonyl (C=O) groups is 3. The van der Waals surface area contributed by atoms with Crippen LogP contribution in [0, 0.1) is 0 Å². The Labute approximate surface area is 294 Å². The molecule has 0 bridgehead atoms. The quantitative estimate of drug-likeness (QED) is 0.0706. The van der Waals surface area contributed by atoms with Crippen LogP contribution in [0.25, 0.3) is 0 Å². The van der Waals surface area contributed by atoms with Gasteiger partial charge >= 0.3 is 75.5 Å². The molecule has 46 heavy (non-hydrogen) atoms. The summed E-state index contributed by atoms with van der Waals surface area (Å²) >= 11 is 0.149. The molecule has 0 unspecified atom stereocenters. The maximum absolute atomic E-state index is 10.2. The summed E-state index contributed by atoms with van der Waals surface area (Å²) in [7, 11) is 0. The topological polar surface area (TPSA) is 118 Å². The fourth-order valence-electron chi connectivity index (χ4n) is 4.47. The van der Waals surface area contributed by atoms with Crippen LogP contribution in [0.4, 0.5) is 0 Å². The van der Waals surface area contributed by atoms with Gasteiger partial charge < -0.3 is 24.9 Å². The molecule has 1 rings (SSSR count). The van der Waals surface area contributed by atoms with Crippen molar-refractivity contribution in [2.45, 2.75) is 191 Å². The summed E-state index contributed by atoms with van der Waals surface area (Å²) in [5.74, 6) is -2.70. The van der Waals surface area contributed by atoms with E-state index < -0.39 is 17.9 Å². The molecular weight excluding hydrogens is 683 g/mol. The van der Waals surface area contributed by atoms with Crippen molar-refractivity contribution in [3.8, 4) is 0 Å². The minimum atomic E-state index is -0.909. The Kier molecular flexibility index (Phi) is 46.1. The Morgan fingerprint density at radius 1 is 0.500 bits per heavy atom. The van der Waals surface area contributed by atoms with E-state index in [0.717, 1.165) is 25.7 Å². The number of rotatable bonds is 27. The van der Waals surface area contributed by atoms with Gasteiger partial charge in [-0.15, -0.1) is 0 Å². The third-order valence-electron chi connectivity index (χ3n) is 7.40. The Balaban J connectivity index is -0.000000547. The van der Waals surface area contributed by atoms with E-state index >= 15 is 0 Å². The van der Waals surface area contributed by atoms with Crippen molar-refractivity contribution in [3.05, 3.63) is 35.9 Å². The summed E-state index contributed by atoms with van der Waals surface area (Å²) < 4.78 is 3.25. The van der Waals surface area contributed by atoms with Crippen molar-refractivity contribution in [1.29, 1.82) is 0 Å². The van der Waals surface area contributed by atoms with Crippen LogP contribution in [0.1, 0.15) is 192 Å². The van der Waals surface area contributed by atoms with Crippen molar-refractivity contribution in [2.24, 2.45) is 0 Å². The molecular formula is C39H70O6Sn. The summed E-state index contributed by atoms with van der Waals surface area (Å²) in [6.07, 6.45) is 28.2. The molecule has 0 heterocycles. The number of carbonyl (C=O) groups excluding carboxylic acids is 2. The summed E-state index contributed by atoms with van der Waals surface area (Å²) in [4.78, 5) is 30.4. The fraction of sp³-hybridized carbons (Fsp3) is 0.769. The molecule has 0 fully saturated rings. The summed E-state index contributed by atoms with van der Waals surface area (Å²) in [6, 6.07) is 8.30. The minimum Gasteiger partial charge on any atom is -0.478 e. The summed E-state index contributed by atoms with van der Waals surface area (Å²) in [5.41, 5.74) is 0.331. The van der Waals surface area contributed by atoms with Gasteiger partial charge in [0.1, 0.15) is 0 Å². The number of unbranched alkanes of at least 4 members (excludes halogenated alkanes) is 18. The van der Waals surface area contributed by atoms with Crippen molar-refractivity contribution >= 4 is 39.1 Å². The Hall–Kier alpha value is -1.57. The normalized spacial score (nSPS) is 9.83. The van der Waals surface area contributed by atoms with Crippen LogP contribution in [-0.4, -0.2) is 44.2 Å². The predicted molar refractivity (Wildman–Crippen MR) is 192 cm³/mol. The first kappa shape index (κ1) is 48.8. The number of carboxylic acids is 3. The van der Waals surface area contributed by atoms with Crippen molar-refractivity contribution in [2.75, 3.05) is 0 Å². The third-order valence-corrected chi connectivity index (χ3v) is 11.4. The largest absolute Gasteiger partial charge is 0.478 e. The van der Waals surface area contributed by atoms with Gasteiger partial charge in [-0.2, -0.15) is 0 Å². The van der Waals surface area contributed by atoms with Gasteiger partial charge in [0.25, 0.3) is 0 Å². The van der Waals surface area contributed by atoms with E-state index in [0.29, 0.717) is 5.56 Å². The standard InChI is InChI=1S/2C12H24O2.C7H6O2.2C4H9.Sn/c2*1-2-3-4-5-6-7-8-9-10-11-12(13)14;8-7(9)6-4-2-1-3-5-6;2*1-3-4-2;/h2*2-11H2,1H3,(H,13,14);1-5H,(H,8,9);2*1,3-4H2,2H3;/q;;;;;+2/p-2. The van der Waals surface area contributed by atoms with Crippen LogP contribution in [0.3, 0.4) is 0 Å². The van der Waals surface area contributed by atoms with Gasteiger partial charge in [-0.05, 0) is 37.8 Å². The average molecular weight is 754 g/mol. The van der Waals surface area contributed by atoms with Gasteiger partial charge in [0.05, 0.1) is 5.56 Å². The van der Waals surface area contributed by atoms with Gasteiger partial charge in [-0.3, -0.25) is 0 Å². The Bertz CT molecular complexity index is 718. The molecule has 1 N–H and O–H groups in total. The number of hydrogen-bond donors (Lipinski definition) is 1. The van der Waals surface area contributed by atoms with Crippen LogP contribution in [0.5, 0.6) is 0 Å². The van der Waals surface area contributed by atoms with Crippen molar-refractivity contribution in [3.63, 3.8) is 0 Å². The molecule has 0 radical (unpaired) electrons. The molecule has 1 aromatic carbocycles. The molecule has 0 atom stereocenters. The summed E-state index contributed by atoms with van der Waals surface area (Å²) in [6.45, 7) is 9.03. The number of aliphatic carboxylic acids is 2. The average Bonchev–Trinajstić information content (AvgIpc) is 3.04. The molecule has 7 heteroatoms. The molecule has 0 saturated carbocycles. The van der Waals surface area contributed by atoms with E-state index in [9.17, 15) is 24.6 Å². The van der Waals surface area contributed by atoms with E-state index in [2.05, 4.69) is 27.7 Å². The Morgan fingerprint density at radius 3 is 1.07 bits per heavy atom. The zero-order valence-electron chi connectivity index (χ0n) is 30.3. The molecule has 0 aromatic heterocycles. The third kappa shape index (κ3) is 49.3. The second-order valence-electron chi connectivity index (χ2n) is 12.0. The number of aromatic carboxylic acids is 1. The van der Waals surface area contributed by atoms with E-state index in [4.69, 9.17) is 5.11 Å². The molecule has 1 aromatic rings. The van der Waals surface area contributed by atoms with Gasteiger partial charge in [-0.25, -0.2) is 4.79 Å². The van der Waals surface area contributed by atoms with E-state index in [-0.39, 0.29) is 34.0 Å². The number of carboxylic acid groups (broad SMARTS) is 3. The van der Waals surface area contributed by atoms with Crippen LogP contribution < -0.4 is 10.2 Å². The second kappa shape index (κ2) is 43.4. The maximum atomic E-state index is 10.2. The molecule has 266 valence electrons. The molecule has 0 amide bonds. The fourth-order valence-corrected chi connectivity index (χ4v) is 8.63. The van der Waals surface area contributed by atoms with Gasteiger partial charge in [0.2, 0.25) is 0 Å². The van der Waals surface area contributed by atoms with E-state index in [1.165, 1.54) is 116 Å². The smallest absolute Gasteiger partial charge is 0.335 e. The van der Waals surface area contributed by atoms with Gasteiger partial charge in [0, 0.05) is 11.9 Å². The first-order valence-electron chi connectivity index (χ1n) is 18.6. The molecule has 0 saturated heterocycles. The first-order valence-corrected chi connectivity index (χ1v) is 22.7. The van der Waals surface area contributed by atoms with Crippen LogP contribution in [0.15, 0.2) is 30.3 Å². The number of hydrogen-bond acceptors (Lipinski definition) is 5. The maximum Gasteiger partial charge on any atom is 0.335 e. The van der Waals surface area contributed by atoms with Crippen molar-refractivity contribution < 1.29 is 29.7 Å². The Morgan fingerprint density at radius 2 is 0.804 bits per heavy atom. The first-order chi connectivity index (χ1) is 22.3. The SMILES string of the molecule is CCCCCCCCCCCC(=O)[O-].CCCCCCCCCCCC(=O)[O-].CCC[CH2][Sn+2][CH2]CCC.O=C(O)c1ccccc1. The molecule has 0 aliphatic heterocycles. The van der Waals surface area contributed by atoms with E-state index in [1.54, 1.807) is 39.2 Å². The zero-order chi connectivity index (χ0) is 34.9. The van der Waals surface area contributed by atoms with Crippen molar-refractivity contribution in [1.82, 2.24) is 0 Å². The predicted octanol–water partition coefficient (Wildman–Crippen LogP) is 9.83. The minimum absolute atomic E-state index is 0.149. The number of benzene rings is 1. The van der Waals surface area contributed by atoms with Crippen LogP contribution in [0.2, 0.25) is 8.87 Å². The van der Waals surface area contributed by atoms with Crippen LogP contribution in [-0.2, 0) is 9.59 Å². The van der Waals surface area contributed by atoms with Gasteiger partial charge in [0.15, 0.2) is 0 Å². The second-order valence-corrected chi connectivity index (χ2v) is 16.3. The summed E-state index contributed by atoms with van der Waals surface area (Å²) in [5, 5.41) is 28.6. The van der Waals surface area contributed by atoms with E-state index in [1.807, 2.05) is 0 Å². The molecule has 0 aliphatic carbocycles.